The summed E-state index contributed by atoms with van der Waals surface area (Å²) in [5.74, 6) is 0.888. The zero-order valence-electron chi connectivity index (χ0n) is 12.6. The molecule has 0 aromatic heterocycles. The Hall–Kier alpha value is -2.37. The number of carbonyl (C=O) groups excluding carboxylic acids is 1. The number of para-hydroxylation sites is 2. The van der Waals surface area contributed by atoms with E-state index >= 15 is 0 Å². The van der Waals surface area contributed by atoms with E-state index in [0.29, 0.717) is 30.1 Å². The summed E-state index contributed by atoms with van der Waals surface area (Å²) in [5.41, 5.74) is 0.440. The van der Waals surface area contributed by atoms with Crippen LogP contribution in [0.2, 0.25) is 0 Å². The molecule has 0 saturated carbocycles. The molecule has 5 heteroatoms. The molecule has 5 nitrogen and oxygen atoms in total. The number of aliphatic hydroxyl groups is 1. The van der Waals surface area contributed by atoms with Gasteiger partial charge in [0, 0.05) is 6.61 Å². The van der Waals surface area contributed by atoms with Gasteiger partial charge in [0.2, 0.25) is 0 Å². The molecule has 23 heavy (non-hydrogen) atoms. The monoisotopic (exact) mass is 313 g/mol. The van der Waals surface area contributed by atoms with Gasteiger partial charge < -0.3 is 19.9 Å². The average molecular weight is 313 g/mol. The number of hydrogen-bond donors (Lipinski definition) is 2. The summed E-state index contributed by atoms with van der Waals surface area (Å²) in [5, 5.41) is 12.8. The van der Waals surface area contributed by atoms with Gasteiger partial charge >= 0.3 is 0 Å². The topological polar surface area (TPSA) is 67.8 Å². The van der Waals surface area contributed by atoms with Crippen molar-refractivity contribution in [3.63, 3.8) is 0 Å². The Bertz CT molecular complexity index is 659. The van der Waals surface area contributed by atoms with Crippen LogP contribution in [0.15, 0.2) is 54.6 Å². The smallest absolute Gasteiger partial charge is 0.255 e. The minimum absolute atomic E-state index is 0.243. The summed E-state index contributed by atoms with van der Waals surface area (Å²) in [7, 11) is 0. The van der Waals surface area contributed by atoms with Crippen molar-refractivity contribution >= 4 is 5.91 Å². The van der Waals surface area contributed by atoms with E-state index in [2.05, 4.69) is 5.32 Å². The number of amides is 1. The maximum atomic E-state index is 12.5. The van der Waals surface area contributed by atoms with Crippen molar-refractivity contribution in [1.29, 1.82) is 0 Å². The lowest BCUT2D eigenvalue weighted by Gasteiger charge is -2.28. The van der Waals surface area contributed by atoms with Gasteiger partial charge in [-0.1, -0.05) is 30.3 Å². The number of hydrogen-bond acceptors (Lipinski definition) is 4. The molecule has 1 amide bonds. The molecule has 0 bridgehead atoms. The van der Waals surface area contributed by atoms with Crippen LogP contribution in [0, 0.1) is 0 Å². The third-order valence-corrected chi connectivity index (χ3v) is 3.75. The van der Waals surface area contributed by atoms with Crippen molar-refractivity contribution in [2.75, 3.05) is 13.2 Å². The van der Waals surface area contributed by atoms with E-state index in [4.69, 9.17) is 9.47 Å². The van der Waals surface area contributed by atoms with Crippen LogP contribution in [-0.2, 0) is 4.74 Å². The highest BCUT2D eigenvalue weighted by Crippen LogP contribution is 2.25. The fourth-order valence-corrected chi connectivity index (χ4v) is 2.50. The third-order valence-electron chi connectivity index (χ3n) is 3.75. The van der Waals surface area contributed by atoms with Gasteiger partial charge in [-0.15, -0.1) is 0 Å². The molecule has 1 heterocycles. The van der Waals surface area contributed by atoms with Gasteiger partial charge in [-0.3, -0.25) is 4.79 Å². The number of ether oxygens (including phenoxy) is 2. The summed E-state index contributed by atoms with van der Waals surface area (Å²) < 4.78 is 11.0. The lowest BCUT2D eigenvalue weighted by Crippen LogP contribution is -2.48. The maximum Gasteiger partial charge on any atom is 0.255 e. The molecule has 0 spiro atoms. The van der Waals surface area contributed by atoms with Crippen LogP contribution in [0.1, 0.15) is 16.8 Å². The van der Waals surface area contributed by atoms with Crippen LogP contribution in [-0.4, -0.2) is 36.4 Å². The Morgan fingerprint density at radius 1 is 1.13 bits per heavy atom. The highest BCUT2D eigenvalue weighted by atomic mass is 16.5. The Kier molecular flexibility index (Phi) is 4.90. The minimum atomic E-state index is -0.685. The van der Waals surface area contributed by atoms with Crippen LogP contribution in [0.5, 0.6) is 11.5 Å². The van der Waals surface area contributed by atoms with Gasteiger partial charge in [0.25, 0.3) is 5.91 Å². The predicted octanol–water partition coefficient (Wildman–Crippen LogP) is 2.36. The number of carbonyl (C=O) groups is 1. The van der Waals surface area contributed by atoms with Gasteiger partial charge in [-0.2, -0.15) is 0 Å². The molecule has 2 aromatic rings. The molecule has 2 N–H and O–H groups in total. The first-order valence-corrected chi connectivity index (χ1v) is 7.62. The Balaban J connectivity index is 1.75. The van der Waals surface area contributed by atoms with Gasteiger partial charge in [0.05, 0.1) is 24.3 Å². The summed E-state index contributed by atoms with van der Waals surface area (Å²) in [6, 6.07) is 16.1. The fourth-order valence-electron chi connectivity index (χ4n) is 2.50. The van der Waals surface area contributed by atoms with Crippen LogP contribution in [0.25, 0.3) is 0 Å². The maximum absolute atomic E-state index is 12.5. The molecule has 1 saturated heterocycles. The molecular weight excluding hydrogens is 294 g/mol. The normalized spacial score (nSPS) is 20.7. The van der Waals surface area contributed by atoms with Crippen molar-refractivity contribution in [2.24, 2.45) is 0 Å². The minimum Gasteiger partial charge on any atom is -0.457 e. The van der Waals surface area contributed by atoms with E-state index < -0.39 is 6.10 Å². The van der Waals surface area contributed by atoms with Crippen molar-refractivity contribution in [1.82, 2.24) is 5.32 Å². The highest BCUT2D eigenvalue weighted by molar-refractivity contribution is 5.97. The van der Waals surface area contributed by atoms with Crippen molar-refractivity contribution in [2.45, 2.75) is 18.6 Å². The van der Waals surface area contributed by atoms with Gasteiger partial charge in [0.1, 0.15) is 11.5 Å². The SMILES string of the molecule is O=C(N[C@@H]1CCOC[C@H]1O)c1ccccc1Oc1ccccc1. The van der Waals surface area contributed by atoms with E-state index in [-0.39, 0.29) is 18.6 Å². The van der Waals surface area contributed by atoms with E-state index in [1.807, 2.05) is 36.4 Å². The molecule has 2 aromatic carbocycles. The molecule has 1 aliphatic rings. The van der Waals surface area contributed by atoms with E-state index in [1.54, 1.807) is 18.2 Å². The first-order chi connectivity index (χ1) is 11.2. The zero-order chi connectivity index (χ0) is 16.1. The zero-order valence-corrected chi connectivity index (χ0v) is 12.6. The molecule has 2 atom stereocenters. The van der Waals surface area contributed by atoms with Crippen LogP contribution in [0.4, 0.5) is 0 Å². The molecule has 120 valence electrons. The molecule has 0 radical (unpaired) electrons. The predicted molar refractivity (Wildman–Crippen MR) is 85.7 cm³/mol. The van der Waals surface area contributed by atoms with Gasteiger partial charge in [-0.25, -0.2) is 0 Å². The fraction of sp³-hybridized carbons (Fsp3) is 0.278. The molecule has 1 fully saturated rings. The summed E-state index contributed by atoms with van der Waals surface area (Å²) in [4.78, 5) is 12.5. The van der Waals surface area contributed by atoms with Crippen LogP contribution >= 0.6 is 0 Å². The summed E-state index contributed by atoms with van der Waals surface area (Å²) in [6.07, 6.45) is -0.0934. The van der Waals surface area contributed by atoms with E-state index in [0.717, 1.165) is 0 Å². The Labute approximate surface area is 134 Å². The molecule has 1 aliphatic heterocycles. The van der Waals surface area contributed by atoms with Gasteiger partial charge in [0.15, 0.2) is 0 Å². The lowest BCUT2D eigenvalue weighted by molar-refractivity contribution is -0.0261. The number of benzene rings is 2. The second-order valence-corrected chi connectivity index (χ2v) is 5.42. The second-order valence-electron chi connectivity index (χ2n) is 5.42. The van der Waals surface area contributed by atoms with Gasteiger partial charge in [-0.05, 0) is 30.7 Å². The number of nitrogens with one attached hydrogen (secondary N) is 1. The van der Waals surface area contributed by atoms with Crippen molar-refractivity contribution < 1.29 is 19.4 Å². The first-order valence-electron chi connectivity index (χ1n) is 7.62. The highest BCUT2D eigenvalue weighted by Gasteiger charge is 2.26. The molecule has 3 rings (SSSR count). The number of rotatable bonds is 4. The molecule has 0 unspecified atom stereocenters. The second kappa shape index (κ2) is 7.26. The lowest BCUT2D eigenvalue weighted by atomic mass is 10.1. The van der Waals surface area contributed by atoms with Crippen LogP contribution < -0.4 is 10.1 Å². The van der Waals surface area contributed by atoms with E-state index in [9.17, 15) is 9.90 Å². The largest absolute Gasteiger partial charge is 0.457 e. The average Bonchev–Trinajstić information content (AvgIpc) is 2.58. The Morgan fingerprint density at radius 2 is 1.87 bits per heavy atom. The van der Waals surface area contributed by atoms with Crippen molar-refractivity contribution in [3.05, 3.63) is 60.2 Å². The third kappa shape index (κ3) is 3.88. The van der Waals surface area contributed by atoms with Crippen LogP contribution in [0.3, 0.4) is 0 Å². The Morgan fingerprint density at radius 3 is 2.65 bits per heavy atom. The quantitative estimate of drug-likeness (QED) is 0.909. The standard InChI is InChI=1S/C18H19NO4/c20-16-12-22-11-10-15(16)19-18(21)14-8-4-5-9-17(14)23-13-6-2-1-3-7-13/h1-9,15-16,20H,10-12H2,(H,19,21)/t15-,16-/m1/s1. The summed E-state index contributed by atoms with van der Waals surface area (Å²) in [6.45, 7) is 0.775. The van der Waals surface area contributed by atoms with E-state index in [1.165, 1.54) is 0 Å². The number of aliphatic hydroxyl groups excluding tert-OH is 1. The van der Waals surface area contributed by atoms with Crippen molar-refractivity contribution in [3.8, 4) is 11.5 Å². The summed E-state index contributed by atoms with van der Waals surface area (Å²) >= 11 is 0. The molecule has 0 aliphatic carbocycles. The first kappa shape index (κ1) is 15.5. The molecular formula is C18H19NO4.